The molecule has 442 valence electrons. The van der Waals surface area contributed by atoms with E-state index in [-0.39, 0.29) is 31.1 Å². The highest BCUT2D eigenvalue weighted by molar-refractivity contribution is 5.71. The van der Waals surface area contributed by atoms with E-state index in [0.717, 1.165) is 70.6 Å². The van der Waals surface area contributed by atoms with Crippen LogP contribution in [0.2, 0.25) is 0 Å². The van der Waals surface area contributed by atoms with Crippen molar-refractivity contribution in [2.45, 2.75) is 386 Å². The van der Waals surface area contributed by atoms with Gasteiger partial charge in [-0.1, -0.05) is 334 Å². The smallest absolute Gasteiger partial charge is 0.306 e. The van der Waals surface area contributed by atoms with Crippen molar-refractivity contribution in [3.05, 3.63) is 24.3 Å². The Kier molecular flexibility index (Phi) is 62.6. The minimum absolute atomic E-state index is 0.0682. The molecule has 0 aromatic carbocycles. The van der Waals surface area contributed by atoms with Crippen molar-refractivity contribution in [3.8, 4) is 0 Å². The van der Waals surface area contributed by atoms with Gasteiger partial charge in [0.2, 0.25) is 0 Å². The van der Waals surface area contributed by atoms with Gasteiger partial charge in [0.15, 0.2) is 6.10 Å². The average Bonchev–Trinajstić information content (AvgIpc) is 3.41. The Bertz CT molecular complexity index is 1210. The molecular formula is C69H130O6. The van der Waals surface area contributed by atoms with Crippen LogP contribution < -0.4 is 0 Å². The van der Waals surface area contributed by atoms with Crippen LogP contribution in [0.1, 0.15) is 380 Å². The molecule has 6 nitrogen and oxygen atoms in total. The van der Waals surface area contributed by atoms with Gasteiger partial charge in [-0.2, -0.15) is 0 Å². The highest BCUT2D eigenvalue weighted by Gasteiger charge is 2.19. The normalized spacial score (nSPS) is 12.1. The molecule has 0 aliphatic heterocycles. The quantitative estimate of drug-likeness (QED) is 0.0261. The number of rotatable bonds is 63. The first-order valence-electron chi connectivity index (χ1n) is 33.8. The lowest BCUT2D eigenvalue weighted by Crippen LogP contribution is -2.30. The number of ether oxygens (including phenoxy) is 3. The molecule has 0 aromatic heterocycles. The van der Waals surface area contributed by atoms with Gasteiger partial charge in [0.1, 0.15) is 13.2 Å². The van der Waals surface area contributed by atoms with E-state index in [1.165, 1.54) is 270 Å². The largest absolute Gasteiger partial charge is 0.462 e. The second kappa shape index (κ2) is 64.4. The van der Waals surface area contributed by atoms with Crippen molar-refractivity contribution in [1.82, 2.24) is 0 Å². The maximum atomic E-state index is 12.9. The molecule has 0 fully saturated rings. The summed E-state index contributed by atoms with van der Waals surface area (Å²) >= 11 is 0. The fourth-order valence-corrected chi connectivity index (χ4v) is 10.4. The molecule has 1 atom stereocenters. The molecule has 0 bridgehead atoms. The van der Waals surface area contributed by atoms with Crippen LogP contribution in [0.4, 0.5) is 0 Å². The molecule has 1 unspecified atom stereocenters. The Morgan fingerprint density at radius 1 is 0.267 bits per heavy atom. The lowest BCUT2D eigenvalue weighted by Gasteiger charge is -2.18. The SMILES string of the molecule is CCCCC/C=C\C/C=C\CCCCCCCCCC(=O)OC(COC(=O)CCCCCCCCCCCCCCCCCC)COC(=O)CCCCCCCCCCCCCCCCCCCCCCCCCC. The fourth-order valence-electron chi connectivity index (χ4n) is 10.4. The van der Waals surface area contributed by atoms with E-state index in [1.807, 2.05) is 0 Å². The molecule has 75 heavy (non-hydrogen) atoms. The molecular weight excluding hydrogens is 925 g/mol. The summed E-state index contributed by atoms with van der Waals surface area (Å²) in [6, 6.07) is 0. The summed E-state index contributed by atoms with van der Waals surface area (Å²) in [5, 5.41) is 0. The highest BCUT2D eigenvalue weighted by atomic mass is 16.6. The highest BCUT2D eigenvalue weighted by Crippen LogP contribution is 2.18. The van der Waals surface area contributed by atoms with Crippen molar-refractivity contribution < 1.29 is 28.6 Å². The first-order chi connectivity index (χ1) is 37.0. The van der Waals surface area contributed by atoms with Crippen LogP contribution >= 0.6 is 0 Å². The number of hydrogen-bond acceptors (Lipinski definition) is 6. The molecule has 0 aromatic rings. The third-order valence-electron chi connectivity index (χ3n) is 15.5. The minimum Gasteiger partial charge on any atom is -0.462 e. The number of carbonyl (C=O) groups is 3. The van der Waals surface area contributed by atoms with Gasteiger partial charge in [-0.3, -0.25) is 14.4 Å². The molecule has 6 heteroatoms. The number of unbranched alkanes of at least 4 members (excludes halogenated alkanes) is 48. The summed E-state index contributed by atoms with van der Waals surface area (Å²) in [5.41, 5.74) is 0. The molecule has 0 saturated carbocycles. The lowest BCUT2D eigenvalue weighted by atomic mass is 10.0. The molecule has 0 radical (unpaired) electrons. The van der Waals surface area contributed by atoms with Crippen molar-refractivity contribution in [1.29, 1.82) is 0 Å². The van der Waals surface area contributed by atoms with Gasteiger partial charge in [-0.05, 0) is 51.4 Å². The number of carbonyl (C=O) groups excluding carboxylic acids is 3. The molecule has 0 N–H and O–H groups in total. The zero-order chi connectivity index (χ0) is 54.3. The maximum Gasteiger partial charge on any atom is 0.306 e. The van der Waals surface area contributed by atoms with Gasteiger partial charge < -0.3 is 14.2 Å². The third-order valence-corrected chi connectivity index (χ3v) is 15.5. The zero-order valence-electron chi connectivity index (χ0n) is 50.8. The van der Waals surface area contributed by atoms with Crippen LogP contribution in [-0.4, -0.2) is 37.2 Å². The van der Waals surface area contributed by atoms with E-state index in [0.29, 0.717) is 19.3 Å². The van der Waals surface area contributed by atoms with Gasteiger partial charge in [0.05, 0.1) is 0 Å². The predicted octanol–water partition coefficient (Wildman–Crippen LogP) is 23.0. The first kappa shape index (κ1) is 72.9. The number of allylic oxidation sites excluding steroid dienone is 4. The van der Waals surface area contributed by atoms with Gasteiger partial charge in [-0.15, -0.1) is 0 Å². The predicted molar refractivity (Wildman–Crippen MR) is 326 cm³/mol. The van der Waals surface area contributed by atoms with Crippen LogP contribution in [0.3, 0.4) is 0 Å². The molecule has 0 spiro atoms. The minimum atomic E-state index is -0.772. The van der Waals surface area contributed by atoms with E-state index in [1.54, 1.807) is 0 Å². The number of esters is 3. The second-order valence-electron chi connectivity index (χ2n) is 23.1. The Labute approximate surface area is 468 Å². The topological polar surface area (TPSA) is 78.9 Å². The Balaban J connectivity index is 4.26. The monoisotopic (exact) mass is 1050 g/mol. The van der Waals surface area contributed by atoms with Crippen LogP contribution in [0, 0.1) is 0 Å². The van der Waals surface area contributed by atoms with E-state index in [2.05, 4.69) is 45.1 Å². The van der Waals surface area contributed by atoms with E-state index < -0.39 is 6.10 Å². The lowest BCUT2D eigenvalue weighted by molar-refractivity contribution is -0.167. The molecule has 0 aliphatic carbocycles. The van der Waals surface area contributed by atoms with Crippen molar-refractivity contribution >= 4 is 17.9 Å². The number of hydrogen-bond donors (Lipinski definition) is 0. The van der Waals surface area contributed by atoms with Gasteiger partial charge in [0.25, 0.3) is 0 Å². The summed E-state index contributed by atoms with van der Waals surface area (Å²) < 4.78 is 17.0. The van der Waals surface area contributed by atoms with E-state index in [9.17, 15) is 14.4 Å². The summed E-state index contributed by atoms with van der Waals surface area (Å²) in [5.74, 6) is -0.845. The zero-order valence-corrected chi connectivity index (χ0v) is 50.8. The van der Waals surface area contributed by atoms with Crippen LogP contribution in [0.25, 0.3) is 0 Å². The van der Waals surface area contributed by atoms with E-state index in [4.69, 9.17) is 14.2 Å². The standard InChI is InChI=1S/C69H130O6/c1-4-7-10-13-16-19-22-25-28-31-32-33-34-35-36-37-39-41-44-47-50-53-56-59-62-68(71)74-65-66(64-73-67(70)61-58-55-52-49-46-43-40-30-27-24-21-18-15-12-9-6-3)75-69(72)63-60-57-54-51-48-45-42-38-29-26-23-20-17-14-11-8-5-2/h17,20,26,29,66H,4-16,18-19,21-25,27-28,30-65H2,1-3H3/b20-17-,29-26-. The van der Waals surface area contributed by atoms with E-state index >= 15 is 0 Å². The van der Waals surface area contributed by atoms with Crippen molar-refractivity contribution in [3.63, 3.8) is 0 Å². The van der Waals surface area contributed by atoms with Crippen molar-refractivity contribution in [2.75, 3.05) is 13.2 Å². The third kappa shape index (κ3) is 62.6. The summed E-state index contributed by atoms with van der Waals surface area (Å²) in [6.07, 6.45) is 77.6. The molecule has 0 saturated heterocycles. The summed E-state index contributed by atoms with van der Waals surface area (Å²) in [4.78, 5) is 38.4. The molecule has 0 heterocycles. The Morgan fingerprint density at radius 3 is 0.760 bits per heavy atom. The second-order valence-corrected chi connectivity index (χ2v) is 23.1. The molecule has 0 amide bonds. The van der Waals surface area contributed by atoms with Crippen LogP contribution in [0.15, 0.2) is 24.3 Å². The maximum absolute atomic E-state index is 12.9. The first-order valence-corrected chi connectivity index (χ1v) is 33.8. The van der Waals surface area contributed by atoms with Gasteiger partial charge >= 0.3 is 17.9 Å². The molecule has 0 aliphatic rings. The Morgan fingerprint density at radius 2 is 0.480 bits per heavy atom. The van der Waals surface area contributed by atoms with Crippen molar-refractivity contribution in [2.24, 2.45) is 0 Å². The van der Waals surface area contributed by atoms with Gasteiger partial charge in [0, 0.05) is 19.3 Å². The molecule has 0 rings (SSSR count). The summed E-state index contributed by atoms with van der Waals surface area (Å²) in [7, 11) is 0. The van der Waals surface area contributed by atoms with Crippen LogP contribution in [0.5, 0.6) is 0 Å². The summed E-state index contributed by atoms with van der Waals surface area (Å²) in [6.45, 7) is 6.69. The van der Waals surface area contributed by atoms with Crippen LogP contribution in [-0.2, 0) is 28.6 Å². The Hall–Kier alpha value is -2.11. The average molecular weight is 1060 g/mol. The fraction of sp³-hybridized carbons (Fsp3) is 0.899. The van der Waals surface area contributed by atoms with Gasteiger partial charge in [-0.25, -0.2) is 0 Å².